The molecule has 2 aromatic rings. The van der Waals surface area contributed by atoms with Crippen LogP contribution in [0.3, 0.4) is 0 Å². The van der Waals surface area contributed by atoms with Crippen molar-refractivity contribution in [1.29, 1.82) is 0 Å². The van der Waals surface area contributed by atoms with Crippen LogP contribution in [0.15, 0.2) is 35.6 Å². The highest BCUT2D eigenvalue weighted by molar-refractivity contribution is 8.00. The summed E-state index contributed by atoms with van der Waals surface area (Å²) in [6, 6.07) is 9.14. The number of hydrogen-bond acceptors (Lipinski definition) is 5. The third-order valence-corrected chi connectivity index (χ3v) is 6.45. The van der Waals surface area contributed by atoms with Crippen LogP contribution in [0.2, 0.25) is 0 Å². The normalized spacial score (nSPS) is 26.4. The van der Waals surface area contributed by atoms with Crippen molar-refractivity contribution in [2.45, 2.75) is 42.0 Å². The zero-order valence-electron chi connectivity index (χ0n) is 13.4. The molecule has 2 aliphatic rings. The summed E-state index contributed by atoms with van der Waals surface area (Å²) in [5.41, 5.74) is 1.06. The van der Waals surface area contributed by atoms with Gasteiger partial charge in [0.05, 0.1) is 5.52 Å². The maximum absolute atomic E-state index is 4.54. The maximum atomic E-state index is 4.54. The lowest BCUT2D eigenvalue weighted by molar-refractivity contribution is 0.140. The van der Waals surface area contributed by atoms with Crippen LogP contribution in [-0.2, 0) is 0 Å². The summed E-state index contributed by atoms with van der Waals surface area (Å²) >= 11 is 1.96. The van der Waals surface area contributed by atoms with E-state index in [1.807, 2.05) is 17.8 Å². The van der Waals surface area contributed by atoms with Gasteiger partial charge in [0, 0.05) is 42.9 Å². The Morgan fingerprint density at radius 2 is 1.78 bits per heavy atom. The third-order valence-electron chi connectivity index (χ3n) is 5.10. The van der Waals surface area contributed by atoms with Crippen molar-refractivity contribution in [3.05, 3.63) is 30.6 Å². The van der Waals surface area contributed by atoms with Gasteiger partial charge in [-0.15, -0.1) is 11.8 Å². The number of nitrogens with zero attached hydrogens (tertiary/aromatic N) is 3. The molecule has 1 aromatic heterocycles. The van der Waals surface area contributed by atoms with Crippen molar-refractivity contribution in [2.75, 3.05) is 26.2 Å². The molecule has 1 saturated heterocycles. The Labute approximate surface area is 142 Å². The fourth-order valence-electron chi connectivity index (χ4n) is 3.81. The summed E-state index contributed by atoms with van der Waals surface area (Å²) in [6.45, 7) is 4.75. The van der Waals surface area contributed by atoms with Crippen molar-refractivity contribution in [2.24, 2.45) is 0 Å². The zero-order valence-corrected chi connectivity index (χ0v) is 14.3. The first-order chi connectivity index (χ1) is 11.4. The van der Waals surface area contributed by atoms with E-state index < -0.39 is 0 Å². The predicted molar refractivity (Wildman–Crippen MR) is 95.9 cm³/mol. The number of para-hydroxylation sites is 1. The monoisotopic (exact) mass is 328 g/mol. The van der Waals surface area contributed by atoms with E-state index in [1.165, 1.54) is 44.2 Å². The van der Waals surface area contributed by atoms with E-state index in [0.717, 1.165) is 29.7 Å². The fourth-order valence-corrected chi connectivity index (χ4v) is 5.04. The van der Waals surface area contributed by atoms with Crippen molar-refractivity contribution in [3.8, 4) is 0 Å². The standard InChI is InChI=1S/C18H24N4S/c1-2-4-17-16(3-1)18(21-13-20-17)23-15-7-5-14(6-8-15)22-11-9-19-10-12-22/h1-4,13-15,19H,5-12H2. The van der Waals surface area contributed by atoms with E-state index in [9.17, 15) is 0 Å². The van der Waals surface area contributed by atoms with Crippen LogP contribution < -0.4 is 5.32 Å². The molecule has 0 amide bonds. The molecular formula is C18H24N4S. The van der Waals surface area contributed by atoms with Crippen LogP contribution in [0.4, 0.5) is 0 Å². The lowest BCUT2D eigenvalue weighted by Crippen LogP contribution is -2.49. The Morgan fingerprint density at radius 1 is 1.00 bits per heavy atom. The van der Waals surface area contributed by atoms with Gasteiger partial charge in [-0.05, 0) is 31.7 Å². The third kappa shape index (κ3) is 3.52. The van der Waals surface area contributed by atoms with Crippen molar-refractivity contribution < 1.29 is 0 Å². The van der Waals surface area contributed by atoms with Crippen LogP contribution in [0, 0.1) is 0 Å². The van der Waals surface area contributed by atoms with Crippen LogP contribution in [0.5, 0.6) is 0 Å². The second-order valence-electron chi connectivity index (χ2n) is 6.53. The highest BCUT2D eigenvalue weighted by Gasteiger charge is 2.27. The largest absolute Gasteiger partial charge is 0.314 e. The summed E-state index contributed by atoms with van der Waals surface area (Å²) in [7, 11) is 0. The summed E-state index contributed by atoms with van der Waals surface area (Å²) in [4.78, 5) is 11.6. The summed E-state index contributed by atoms with van der Waals surface area (Å²) in [5, 5.41) is 6.51. The number of hydrogen-bond donors (Lipinski definition) is 1. The van der Waals surface area contributed by atoms with Gasteiger partial charge in [0.2, 0.25) is 0 Å². The van der Waals surface area contributed by atoms with Gasteiger partial charge in [-0.2, -0.15) is 0 Å². The van der Waals surface area contributed by atoms with Gasteiger partial charge in [-0.3, -0.25) is 4.90 Å². The van der Waals surface area contributed by atoms with E-state index >= 15 is 0 Å². The number of benzene rings is 1. The SMILES string of the molecule is c1ccc2c(SC3CCC(N4CCNCC4)CC3)ncnc2c1. The molecule has 1 N–H and O–H groups in total. The lowest BCUT2D eigenvalue weighted by Gasteiger charge is -2.38. The fraction of sp³-hybridized carbons (Fsp3) is 0.556. The second-order valence-corrected chi connectivity index (χ2v) is 7.82. The highest BCUT2D eigenvalue weighted by atomic mass is 32.2. The summed E-state index contributed by atoms with van der Waals surface area (Å²) in [6.07, 6.45) is 6.98. The van der Waals surface area contributed by atoms with Crippen molar-refractivity contribution in [1.82, 2.24) is 20.2 Å². The molecule has 1 saturated carbocycles. The average Bonchev–Trinajstić information content (AvgIpc) is 2.63. The Morgan fingerprint density at radius 3 is 2.61 bits per heavy atom. The first-order valence-electron chi connectivity index (χ1n) is 8.71. The molecule has 0 bridgehead atoms. The van der Waals surface area contributed by atoms with Gasteiger partial charge in [0.15, 0.2) is 0 Å². The molecule has 1 aliphatic heterocycles. The molecule has 5 heteroatoms. The van der Waals surface area contributed by atoms with Gasteiger partial charge in [-0.25, -0.2) is 9.97 Å². The summed E-state index contributed by atoms with van der Waals surface area (Å²) in [5.74, 6) is 0. The zero-order chi connectivity index (χ0) is 15.5. The Hall–Kier alpha value is -1.17. The molecule has 0 radical (unpaired) electrons. The molecule has 0 atom stereocenters. The molecule has 122 valence electrons. The molecule has 0 spiro atoms. The van der Waals surface area contributed by atoms with Gasteiger partial charge in [0.1, 0.15) is 11.4 Å². The Kier molecular flexibility index (Phi) is 4.78. The molecule has 2 fully saturated rings. The van der Waals surface area contributed by atoms with E-state index in [0.29, 0.717) is 5.25 Å². The maximum Gasteiger partial charge on any atom is 0.117 e. The minimum absolute atomic E-state index is 0.701. The van der Waals surface area contributed by atoms with Crippen LogP contribution >= 0.6 is 11.8 Å². The van der Waals surface area contributed by atoms with Crippen molar-refractivity contribution >= 4 is 22.7 Å². The second kappa shape index (κ2) is 7.16. The van der Waals surface area contributed by atoms with E-state index in [-0.39, 0.29) is 0 Å². The average molecular weight is 328 g/mol. The molecular weight excluding hydrogens is 304 g/mol. The number of nitrogens with one attached hydrogen (secondary N) is 1. The van der Waals surface area contributed by atoms with Gasteiger partial charge >= 0.3 is 0 Å². The molecule has 4 rings (SSSR count). The molecule has 23 heavy (non-hydrogen) atoms. The number of thioether (sulfide) groups is 1. The highest BCUT2D eigenvalue weighted by Crippen LogP contribution is 2.36. The quantitative estimate of drug-likeness (QED) is 0.878. The Bertz CT molecular complexity index is 643. The molecule has 4 nitrogen and oxygen atoms in total. The molecule has 0 unspecified atom stereocenters. The number of piperazine rings is 1. The summed E-state index contributed by atoms with van der Waals surface area (Å²) < 4.78 is 0. The molecule has 1 aliphatic carbocycles. The van der Waals surface area contributed by atoms with E-state index in [4.69, 9.17) is 0 Å². The number of rotatable bonds is 3. The van der Waals surface area contributed by atoms with Crippen LogP contribution in [0.25, 0.3) is 10.9 Å². The smallest absolute Gasteiger partial charge is 0.117 e. The van der Waals surface area contributed by atoms with E-state index in [1.54, 1.807) is 6.33 Å². The molecule has 1 aromatic carbocycles. The van der Waals surface area contributed by atoms with Gasteiger partial charge in [0.25, 0.3) is 0 Å². The Balaban J connectivity index is 1.39. The minimum Gasteiger partial charge on any atom is -0.314 e. The van der Waals surface area contributed by atoms with Gasteiger partial charge < -0.3 is 5.32 Å². The topological polar surface area (TPSA) is 41.0 Å². The van der Waals surface area contributed by atoms with Crippen LogP contribution in [-0.4, -0.2) is 52.3 Å². The predicted octanol–water partition coefficient (Wildman–Crippen LogP) is 2.94. The van der Waals surface area contributed by atoms with Gasteiger partial charge in [-0.1, -0.05) is 18.2 Å². The van der Waals surface area contributed by atoms with Crippen LogP contribution in [0.1, 0.15) is 25.7 Å². The molecule has 2 heterocycles. The first kappa shape index (κ1) is 15.4. The minimum atomic E-state index is 0.701. The van der Waals surface area contributed by atoms with E-state index in [2.05, 4.69) is 38.4 Å². The van der Waals surface area contributed by atoms with Crippen molar-refractivity contribution in [3.63, 3.8) is 0 Å². The first-order valence-corrected chi connectivity index (χ1v) is 9.59. The number of fused-ring (bicyclic) bond motifs is 1. The lowest BCUT2D eigenvalue weighted by atomic mass is 9.93. The number of aromatic nitrogens is 2.